The zero-order valence-electron chi connectivity index (χ0n) is 50.2. The van der Waals surface area contributed by atoms with E-state index in [2.05, 4.69) is 50.9 Å². The number of nitriles is 1. The molecule has 0 atom stereocenters. The topological polar surface area (TPSA) is 274 Å². The summed E-state index contributed by atoms with van der Waals surface area (Å²) in [6.45, 7) is 4.00. The predicted molar refractivity (Wildman–Crippen MR) is 363 cm³/mol. The molecule has 6 radical (unpaired) electrons. The molecule has 0 saturated heterocycles. The average Bonchev–Trinajstić information content (AvgIpc) is 1.71. The lowest BCUT2D eigenvalue weighted by atomic mass is 10.1. The van der Waals surface area contributed by atoms with Crippen LogP contribution in [0.15, 0.2) is 204 Å². The highest BCUT2D eigenvalue weighted by Crippen LogP contribution is 2.40. The summed E-state index contributed by atoms with van der Waals surface area (Å²) in [5.74, 6) is 3.82. The Kier molecular flexibility index (Phi) is 19.1. The Hall–Kier alpha value is -9.78. The van der Waals surface area contributed by atoms with Crippen LogP contribution in [0.3, 0.4) is 0 Å². The Morgan fingerprint density at radius 1 is 0.347 bits per heavy atom. The molecule has 0 saturated carbocycles. The molecule has 22 nitrogen and oxygen atoms in total. The van der Waals surface area contributed by atoms with Crippen molar-refractivity contribution in [3.8, 4) is 40.6 Å². The highest BCUT2D eigenvalue weighted by Gasteiger charge is 2.18. The Morgan fingerprint density at radius 3 is 1.33 bits per heavy atom. The van der Waals surface area contributed by atoms with Gasteiger partial charge in [-0.3, -0.25) is 19.9 Å². The number of aromatic nitrogens is 9. The minimum absolute atomic E-state index is 0.381. The number of nitrogens with zero attached hydrogens (tertiary/aromatic N) is 10. The lowest BCUT2D eigenvalue weighted by Gasteiger charge is -2.04. The fourth-order valence-electron chi connectivity index (χ4n) is 10.6. The van der Waals surface area contributed by atoms with E-state index in [1.54, 1.807) is 67.5 Å². The van der Waals surface area contributed by atoms with E-state index in [1.165, 1.54) is 125 Å². The van der Waals surface area contributed by atoms with Gasteiger partial charge in [0.05, 0.1) is 85.5 Å². The molecule has 0 spiro atoms. The smallest absolute Gasteiger partial charge is 0.494 e. The Morgan fingerprint density at radius 2 is 0.768 bits per heavy atom. The third-order valence-electron chi connectivity index (χ3n) is 14.6. The van der Waals surface area contributed by atoms with Crippen molar-refractivity contribution < 1.29 is 53.6 Å². The number of rotatable bonds is 6. The molecular formula is C66H41Al6FN10O12. The van der Waals surface area contributed by atoms with Crippen LogP contribution in [0.25, 0.3) is 133 Å². The normalized spacial score (nSPS) is 10.9. The van der Waals surface area contributed by atoms with Gasteiger partial charge >= 0.3 is 99.7 Å². The number of fused-ring (bicyclic) bond motifs is 18. The molecule has 5 aromatic carbocycles. The average molecular weight is 1350 g/mol. The molecule has 0 fully saturated rings. The number of aryl methyl sites for hydroxylation is 2. The van der Waals surface area contributed by atoms with E-state index >= 15 is 0 Å². The van der Waals surface area contributed by atoms with Crippen LogP contribution < -0.4 is 22.7 Å². The zero-order valence-corrected chi connectivity index (χ0v) is 58.7. The van der Waals surface area contributed by atoms with E-state index < -0.39 is 0 Å². The van der Waals surface area contributed by atoms with Crippen LogP contribution in [0.2, 0.25) is 0 Å². The van der Waals surface area contributed by atoms with Crippen LogP contribution in [0.4, 0.5) is 4.39 Å². The summed E-state index contributed by atoms with van der Waals surface area (Å²) < 4.78 is 78.7. The first-order valence-corrected chi connectivity index (χ1v) is 31.8. The van der Waals surface area contributed by atoms with Crippen molar-refractivity contribution in [2.45, 2.75) is 13.8 Å². The molecule has 0 aliphatic heterocycles. The first kappa shape index (κ1) is 64.0. The van der Waals surface area contributed by atoms with Crippen LogP contribution in [-0.2, 0) is 0 Å². The van der Waals surface area contributed by atoms with Crippen LogP contribution >= 0.6 is 0 Å². The van der Waals surface area contributed by atoms with Crippen molar-refractivity contribution in [3.05, 3.63) is 200 Å². The molecule has 95 heavy (non-hydrogen) atoms. The second-order valence-corrected chi connectivity index (χ2v) is 22.2. The van der Waals surface area contributed by atoms with E-state index in [0.29, 0.717) is 67.2 Å². The highest BCUT2D eigenvalue weighted by molar-refractivity contribution is 6.14. The summed E-state index contributed by atoms with van der Waals surface area (Å²) in [5, 5.41) is 14.1. The van der Waals surface area contributed by atoms with E-state index in [4.69, 9.17) is 54.5 Å². The number of pyridine rings is 5. The summed E-state index contributed by atoms with van der Waals surface area (Å²) in [6, 6.07) is 38.3. The number of furan rings is 6. The van der Waals surface area contributed by atoms with E-state index in [9.17, 15) is 4.39 Å². The van der Waals surface area contributed by atoms with E-state index in [1.807, 2.05) is 98.9 Å². The van der Waals surface area contributed by atoms with Crippen LogP contribution in [0.1, 0.15) is 16.7 Å². The molecule has 13 aromatic heterocycles. The molecule has 0 bridgehead atoms. The number of benzene rings is 5. The summed E-state index contributed by atoms with van der Waals surface area (Å²) in [5.41, 5.74) is 15.6. The molecule has 18 rings (SSSR count). The summed E-state index contributed by atoms with van der Waals surface area (Å²) in [6.07, 6.45) is 14.9. The van der Waals surface area contributed by atoms with Crippen molar-refractivity contribution >= 4 is 232 Å². The van der Waals surface area contributed by atoms with Crippen molar-refractivity contribution in [1.29, 1.82) is 5.26 Å². The van der Waals surface area contributed by atoms with Gasteiger partial charge < -0.3 is 49.2 Å². The first-order valence-electron chi connectivity index (χ1n) is 28.4. The number of halogens is 1. The van der Waals surface area contributed by atoms with Gasteiger partial charge in [-0.2, -0.15) is 5.26 Å². The van der Waals surface area contributed by atoms with E-state index in [0.717, 1.165) is 117 Å². The monoisotopic (exact) mass is 1350 g/mol. The Labute approximate surface area is 585 Å². The highest BCUT2D eigenvalue weighted by atomic mass is 27.1. The molecular weight excluding hydrogens is 1310 g/mol. The van der Waals surface area contributed by atoms with E-state index in [-0.39, 0.29) is 5.82 Å². The van der Waals surface area contributed by atoms with Crippen molar-refractivity contribution in [2.75, 3.05) is 0 Å². The lowest BCUT2D eigenvalue weighted by Crippen LogP contribution is -1.87. The summed E-state index contributed by atoms with van der Waals surface area (Å²) in [7, 11) is 0. The fraction of sp³-hybridized carbons (Fsp3) is 0.0303. The predicted octanol–water partition coefficient (Wildman–Crippen LogP) is 11.9. The standard InChI is InChI=1S/C12H6N2O2.C12H9NO2.C11H6FNO2.C11H8N2O2.2C10H6N2O2.6Al.6H/c13-6-7-4-8(15)11-10(5-7)16-9-2-1-3-14-12(9)11;1-7-5-10-12(13-6-7)11-8(14)3-2-4-9(11)15-10;12-6-4-7(14)10-9(5-6)15-8-2-1-3-13-11(8)10;1-6-2-7(14)10-8(3-6)15-9-4-12-5-13-11(9)10;13-6-3-5-12-10-8(6)9-7(14-10)2-1-4-11-9;13-6-2-1-3-7-9(6)10-8(14-7)4-11-5-12-10;;;;;;;;;;;;/h1-5,15H;2-6,14H,1H3;1-5,14H;2-5,14H,1H3;1-5H,(H,12,13);1-5,13H;;;;;;;;;;;;/q;;;;;;6*+1;;;;;;/p-6. The van der Waals surface area contributed by atoms with Gasteiger partial charge in [0, 0.05) is 43.1 Å². The lowest BCUT2D eigenvalue weighted by molar-refractivity contribution is 0.586. The third-order valence-corrected chi connectivity index (χ3v) is 16.5. The summed E-state index contributed by atoms with van der Waals surface area (Å²) in [4.78, 5) is 37.6. The molecule has 0 amide bonds. The third kappa shape index (κ3) is 12.9. The second kappa shape index (κ2) is 28.4. The van der Waals surface area contributed by atoms with Gasteiger partial charge in [0.2, 0.25) is 5.71 Å². The second-order valence-electron chi connectivity index (χ2n) is 20.5. The van der Waals surface area contributed by atoms with Crippen molar-refractivity contribution in [1.82, 2.24) is 44.9 Å². The summed E-state index contributed by atoms with van der Waals surface area (Å²) >= 11 is 8.42. The van der Waals surface area contributed by atoms with Crippen LogP contribution in [0, 0.1) is 31.0 Å². The molecule has 0 unspecified atom stereocenters. The van der Waals surface area contributed by atoms with Gasteiger partial charge in [0.1, 0.15) is 84.9 Å². The minimum atomic E-state index is -0.381. The van der Waals surface area contributed by atoms with Crippen molar-refractivity contribution in [3.63, 3.8) is 0 Å². The quantitative estimate of drug-likeness (QED) is 0.140. The van der Waals surface area contributed by atoms with Gasteiger partial charge in [0.15, 0.2) is 33.5 Å². The number of hydrogen-bond acceptors (Lipinski definition) is 22. The molecule has 452 valence electrons. The zero-order chi connectivity index (χ0) is 65.7. The molecule has 0 N–H and O–H groups in total. The maximum atomic E-state index is 13.3. The van der Waals surface area contributed by atoms with Crippen LogP contribution in [-0.4, -0.2) is 145 Å². The minimum Gasteiger partial charge on any atom is -0.650 e. The Balaban J connectivity index is 0.000000103. The Bertz CT molecular complexity index is 5690. The largest absolute Gasteiger partial charge is 0.650 e. The van der Waals surface area contributed by atoms with Gasteiger partial charge in [0.25, 0.3) is 0 Å². The molecule has 29 heteroatoms. The fourth-order valence-corrected chi connectivity index (χ4v) is 12.0. The van der Waals surface area contributed by atoms with Crippen molar-refractivity contribution in [2.24, 2.45) is 0 Å². The SMILES string of the molecule is Cc1cc([O][AlH])c2c(c1)oc1cncnc12.Cc1cnc2c(c1)oc1cccc([O][AlH])c12.Fc1cc([O][AlH])c2c(c1)oc1cccnc12.N#Cc1cc([O][AlH])c2c(c1)oc1cccnc12.[AlH][O]c1cccc2oc3cncnc3c12.[AlH][O]c1ccnc2oc3cccnc3c12. The maximum absolute atomic E-state index is 13.3. The molecule has 13 heterocycles. The maximum Gasteiger partial charge on any atom is 0.494 e. The van der Waals surface area contributed by atoms with Gasteiger partial charge in [-0.1, -0.05) is 12.1 Å². The first-order chi connectivity index (χ1) is 46.5. The molecule has 18 aromatic rings. The van der Waals surface area contributed by atoms with Crippen LogP contribution in [0.5, 0.6) is 34.5 Å². The molecule has 0 aliphatic rings. The van der Waals surface area contributed by atoms with Gasteiger partial charge in [-0.15, -0.1) is 0 Å². The van der Waals surface area contributed by atoms with Gasteiger partial charge in [-0.05, 0) is 122 Å². The number of hydrogen-bond donors (Lipinski definition) is 0. The molecule has 0 aliphatic carbocycles. The van der Waals surface area contributed by atoms with Gasteiger partial charge in [-0.25, -0.2) is 29.3 Å².